The fourth-order valence-electron chi connectivity index (χ4n) is 2.65. The number of hydrogen-bond acceptors (Lipinski definition) is 7. The van der Waals surface area contributed by atoms with Crippen LogP contribution < -0.4 is 5.32 Å². The quantitative estimate of drug-likeness (QED) is 0.760. The van der Waals surface area contributed by atoms with Crippen LogP contribution in [-0.4, -0.2) is 53.9 Å². The molecule has 0 unspecified atom stereocenters. The van der Waals surface area contributed by atoms with Gasteiger partial charge in [-0.25, -0.2) is 8.42 Å². The minimum Gasteiger partial charge on any atom is -0.392 e. The highest BCUT2D eigenvalue weighted by atomic mass is 32.2. The summed E-state index contributed by atoms with van der Waals surface area (Å²) in [5, 5.41) is 15.6. The summed E-state index contributed by atoms with van der Waals surface area (Å²) in [4.78, 5) is 12.7. The van der Waals surface area contributed by atoms with Crippen molar-refractivity contribution in [3.63, 3.8) is 0 Å². The van der Waals surface area contributed by atoms with Gasteiger partial charge in [-0.3, -0.25) is 10.1 Å². The zero-order valence-electron chi connectivity index (χ0n) is 15.9. The second-order valence-corrected chi connectivity index (χ2v) is 10.6. The van der Waals surface area contributed by atoms with Crippen molar-refractivity contribution in [2.75, 3.05) is 18.5 Å². The number of aromatic nitrogens is 1. The van der Waals surface area contributed by atoms with Gasteiger partial charge < -0.3 is 14.4 Å². The van der Waals surface area contributed by atoms with Crippen LogP contribution in [0.4, 0.5) is 5.88 Å². The maximum absolute atomic E-state index is 12.9. The second-order valence-electron chi connectivity index (χ2n) is 7.80. The molecule has 1 aliphatic rings. The lowest BCUT2D eigenvalue weighted by molar-refractivity contribution is -0.118. The predicted molar refractivity (Wildman–Crippen MR) is 96.7 cm³/mol. The van der Waals surface area contributed by atoms with Gasteiger partial charge in [-0.15, -0.1) is 0 Å². The van der Waals surface area contributed by atoms with Crippen molar-refractivity contribution in [1.82, 2.24) is 5.16 Å². The Hall–Kier alpha value is -1.45. The first-order valence-electron chi connectivity index (χ1n) is 8.68. The van der Waals surface area contributed by atoms with Gasteiger partial charge in [0.05, 0.1) is 17.0 Å². The van der Waals surface area contributed by atoms with Gasteiger partial charge in [-0.05, 0) is 33.6 Å². The number of carbonyl (C=O) groups excluding carboxylic acids is 1. The van der Waals surface area contributed by atoms with Crippen LogP contribution in [0.3, 0.4) is 0 Å². The van der Waals surface area contributed by atoms with Gasteiger partial charge in [0, 0.05) is 24.7 Å². The highest BCUT2D eigenvalue weighted by molar-refractivity contribution is 7.94. The van der Waals surface area contributed by atoms with E-state index in [9.17, 15) is 18.3 Å². The Morgan fingerprint density at radius 3 is 2.42 bits per heavy atom. The predicted octanol–water partition coefficient (Wildman–Crippen LogP) is 1.64. The highest BCUT2D eigenvalue weighted by Gasteiger charge is 2.47. The highest BCUT2D eigenvalue weighted by Crippen LogP contribution is 2.31. The first-order valence-corrected chi connectivity index (χ1v) is 10.2. The van der Waals surface area contributed by atoms with Crippen LogP contribution in [0.15, 0.2) is 10.6 Å². The molecular formula is C17H28N2O6S. The van der Waals surface area contributed by atoms with E-state index in [0.717, 1.165) is 0 Å². The number of ether oxygens (including phenoxy) is 1. The minimum atomic E-state index is -3.71. The number of amides is 1. The van der Waals surface area contributed by atoms with Crippen LogP contribution in [0, 0.1) is 0 Å². The minimum absolute atomic E-state index is 0.0500. The van der Waals surface area contributed by atoms with Gasteiger partial charge in [-0.1, -0.05) is 19.0 Å². The van der Waals surface area contributed by atoms with Crippen LogP contribution in [0.2, 0.25) is 0 Å². The summed E-state index contributed by atoms with van der Waals surface area (Å²) in [6.45, 7) is 8.76. The summed E-state index contributed by atoms with van der Waals surface area (Å²) >= 11 is 0. The zero-order chi connectivity index (χ0) is 19.8. The van der Waals surface area contributed by atoms with Crippen molar-refractivity contribution in [2.45, 2.75) is 69.0 Å². The van der Waals surface area contributed by atoms with Crippen LogP contribution >= 0.6 is 0 Å². The maximum Gasteiger partial charge on any atom is 0.247 e. The van der Waals surface area contributed by atoms with E-state index in [1.165, 1.54) is 19.9 Å². The van der Waals surface area contributed by atoms with Crippen molar-refractivity contribution in [3.8, 4) is 0 Å². The van der Waals surface area contributed by atoms with Crippen molar-refractivity contribution in [1.29, 1.82) is 0 Å². The molecule has 1 aromatic rings. The van der Waals surface area contributed by atoms with E-state index in [4.69, 9.17) is 9.26 Å². The molecule has 9 heteroatoms. The lowest BCUT2D eigenvalue weighted by atomic mass is 9.84. The average Bonchev–Trinajstić information content (AvgIpc) is 3.04. The number of aliphatic hydroxyl groups is 1. The molecule has 2 rings (SSSR count). The summed E-state index contributed by atoms with van der Waals surface area (Å²) in [6, 6.07) is 1.50. The third kappa shape index (κ3) is 3.79. The Balaban J connectivity index is 2.17. The zero-order valence-corrected chi connectivity index (χ0v) is 16.7. The van der Waals surface area contributed by atoms with Crippen molar-refractivity contribution in [3.05, 3.63) is 11.8 Å². The molecule has 1 fully saturated rings. The number of sulfone groups is 1. The standard InChI is InChI=1S/C17H28N2O6S/c1-11(20)16(2,3)13-10-14(25-19-13)18-15(21)17(4,5)26(22,23)12-6-8-24-9-7-12/h10-12,20H,6-9H2,1-5H3,(H,18,21)/t11-/m0/s1. The largest absolute Gasteiger partial charge is 0.392 e. The van der Waals surface area contributed by atoms with Gasteiger partial charge in [0.25, 0.3) is 0 Å². The van der Waals surface area contributed by atoms with Crippen LogP contribution in [0.5, 0.6) is 0 Å². The molecule has 26 heavy (non-hydrogen) atoms. The van der Waals surface area contributed by atoms with Gasteiger partial charge >= 0.3 is 0 Å². The molecule has 148 valence electrons. The maximum atomic E-state index is 12.9. The molecular weight excluding hydrogens is 360 g/mol. The molecule has 0 bridgehead atoms. The molecule has 0 aromatic carbocycles. The number of nitrogens with zero attached hydrogens (tertiary/aromatic N) is 1. The second kappa shape index (κ2) is 7.28. The third-order valence-electron chi connectivity index (χ3n) is 5.32. The van der Waals surface area contributed by atoms with Crippen LogP contribution in [0.25, 0.3) is 0 Å². The monoisotopic (exact) mass is 388 g/mol. The Morgan fingerprint density at radius 2 is 1.88 bits per heavy atom. The SMILES string of the molecule is C[C@H](O)C(C)(C)c1cc(NC(=O)C(C)(C)S(=O)(=O)C2CCOCC2)on1. The Kier molecular flexibility index (Phi) is 5.84. The summed E-state index contributed by atoms with van der Waals surface area (Å²) in [7, 11) is -3.71. The summed E-state index contributed by atoms with van der Waals surface area (Å²) in [5.74, 6) is -0.629. The van der Waals surface area contributed by atoms with Gasteiger partial charge in [0.1, 0.15) is 4.75 Å². The summed E-state index contributed by atoms with van der Waals surface area (Å²) < 4.78 is 34.5. The first kappa shape index (κ1) is 20.9. The van der Waals surface area contributed by atoms with Crippen molar-refractivity contribution < 1.29 is 27.6 Å². The van der Waals surface area contributed by atoms with E-state index in [1.54, 1.807) is 20.8 Å². The Bertz CT molecular complexity index is 745. The van der Waals surface area contributed by atoms with E-state index in [2.05, 4.69) is 10.5 Å². The molecule has 1 amide bonds. The summed E-state index contributed by atoms with van der Waals surface area (Å²) in [6.07, 6.45) is 0.0869. The Morgan fingerprint density at radius 1 is 1.31 bits per heavy atom. The molecule has 0 saturated carbocycles. The first-order chi connectivity index (χ1) is 11.9. The molecule has 2 heterocycles. The lowest BCUT2D eigenvalue weighted by Gasteiger charge is -2.30. The molecule has 1 saturated heterocycles. The molecule has 1 aromatic heterocycles. The number of carbonyl (C=O) groups is 1. The molecule has 2 N–H and O–H groups in total. The normalized spacial score (nSPS) is 18.5. The van der Waals surface area contributed by atoms with E-state index in [0.29, 0.717) is 31.7 Å². The molecule has 1 atom stereocenters. The number of hydrogen-bond donors (Lipinski definition) is 2. The van der Waals surface area contributed by atoms with E-state index in [-0.39, 0.29) is 5.88 Å². The molecule has 1 aliphatic heterocycles. The number of aliphatic hydroxyl groups excluding tert-OH is 1. The summed E-state index contributed by atoms with van der Waals surface area (Å²) in [5.41, 5.74) is -0.205. The average molecular weight is 388 g/mol. The van der Waals surface area contributed by atoms with Crippen molar-refractivity contribution in [2.24, 2.45) is 0 Å². The number of anilines is 1. The van der Waals surface area contributed by atoms with Gasteiger partial charge in [0.2, 0.25) is 11.8 Å². The molecule has 0 radical (unpaired) electrons. The number of rotatable bonds is 6. The molecule has 8 nitrogen and oxygen atoms in total. The molecule has 0 spiro atoms. The fraction of sp³-hybridized carbons (Fsp3) is 0.765. The fourth-order valence-corrected chi connectivity index (χ4v) is 4.60. The van der Waals surface area contributed by atoms with E-state index >= 15 is 0 Å². The molecule has 0 aliphatic carbocycles. The number of nitrogens with one attached hydrogen (secondary N) is 1. The Labute approximate surface area is 154 Å². The topological polar surface area (TPSA) is 119 Å². The van der Waals surface area contributed by atoms with Gasteiger partial charge in [-0.2, -0.15) is 0 Å². The van der Waals surface area contributed by atoms with Gasteiger partial charge in [0.15, 0.2) is 9.84 Å². The lowest BCUT2D eigenvalue weighted by Crippen LogP contribution is -2.50. The smallest absolute Gasteiger partial charge is 0.247 e. The third-order valence-corrected chi connectivity index (χ3v) is 8.27. The van der Waals surface area contributed by atoms with Crippen LogP contribution in [0.1, 0.15) is 53.2 Å². The van der Waals surface area contributed by atoms with E-state index < -0.39 is 37.3 Å². The van der Waals surface area contributed by atoms with Crippen LogP contribution in [-0.2, 0) is 24.8 Å². The van der Waals surface area contributed by atoms with Crippen molar-refractivity contribution >= 4 is 21.6 Å². The van der Waals surface area contributed by atoms with E-state index in [1.807, 2.05) is 0 Å².